The Kier molecular flexibility index (Phi) is 4.84. The van der Waals surface area contributed by atoms with Gasteiger partial charge in [0.1, 0.15) is 29.3 Å². The molecule has 0 spiro atoms. The van der Waals surface area contributed by atoms with Crippen molar-refractivity contribution in [1.82, 2.24) is 9.38 Å². The normalized spacial score (nSPS) is 10.6. The molecule has 0 aliphatic carbocycles. The van der Waals surface area contributed by atoms with Crippen molar-refractivity contribution in [2.75, 3.05) is 0 Å². The molecule has 0 radical (unpaired) electrons. The molecule has 138 valence electrons. The fourth-order valence-electron chi connectivity index (χ4n) is 2.73. The van der Waals surface area contributed by atoms with Gasteiger partial charge >= 0.3 is 5.97 Å². The SMILES string of the molecule is O=C(OCc1cc(=O)n2ccccc2n1)c1ccccc1Oc1ccccc1. The number of carbonyl (C=O) groups excluding carboxylic acids is 1. The number of para-hydroxylation sites is 2. The monoisotopic (exact) mass is 372 g/mol. The number of nitrogens with zero attached hydrogens (tertiary/aromatic N) is 2. The van der Waals surface area contributed by atoms with Crippen LogP contribution < -0.4 is 10.3 Å². The van der Waals surface area contributed by atoms with E-state index in [2.05, 4.69) is 4.98 Å². The molecular weight excluding hydrogens is 356 g/mol. The van der Waals surface area contributed by atoms with Crippen LogP contribution in [0.15, 0.2) is 89.9 Å². The summed E-state index contributed by atoms with van der Waals surface area (Å²) in [4.78, 5) is 29.0. The maximum atomic E-state index is 12.6. The number of hydrogen-bond donors (Lipinski definition) is 0. The van der Waals surface area contributed by atoms with Crippen LogP contribution in [0.2, 0.25) is 0 Å². The van der Waals surface area contributed by atoms with E-state index in [0.29, 0.717) is 28.4 Å². The largest absolute Gasteiger partial charge is 0.456 e. The first-order valence-corrected chi connectivity index (χ1v) is 8.67. The van der Waals surface area contributed by atoms with Gasteiger partial charge in [0.05, 0.1) is 5.69 Å². The van der Waals surface area contributed by atoms with Crippen LogP contribution in [0.5, 0.6) is 11.5 Å². The summed E-state index contributed by atoms with van der Waals surface area (Å²) in [5, 5.41) is 0. The molecule has 0 unspecified atom stereocenters. The van der Waals surface area contributed by atoms with Crippen molar-refractivity contribution < 1.29 is 14.3 Å². The molecule has 0 saturated carbocycles. The molecule has 6 heteroatoms. The molecule has 0 atom stereocenters. The van der Waals surface area contributed by atoms with Gasteiger partial charge < -0.3 is 9.47 Å². The van der Waals surface area contributed by atoms with Crippen LogP contribution in [0.4, 0.5) is 0 Å². The summed E-state index contributed by atoms with van der Waals surface area (Å²) in [6, 6.07) is 22.6. The quantitative estimate of drug-likeness (QED) is 0.498. The van der Waals surface area contributed by atoms with Crippen molar-refractivity contribution in [3.05, 3.63) is 107 Å². The van der Waals surface area contributed by atoms with Crippen LogP contribution in [-0.4, -0.2) is 15.4 Å². The van der Waals surface area contributed by atoms with Gasteiger partial charge in [0.2, 0.25) is 0 Å². The molecule has 28 heavy (non-hydrogen) atoms. The third kappa shape index (κ3) is 3.76. The van der Waals surface area contributed by atoms with Crippen LogP contribution in [-0.2, 0) is 11.3 Å². The van der Waals surface area contributed by atoms with Gasteiger partial charge in [-0.2, -0.15) is 0 Å². The molecule has 6 nitrogen and oxygen atoms in total. The zero-order chi connectivity index (χ0) is 19.3. The van der Waals surface area contributed by atoms with Gasteiger partial charge in [-0.25, -0.2) is 9.78 Å². The van der Waals surface area contributed by atoms with Gasteiger partial charge in [0.25, 0.3) is 5.56 Å². The molecule has 0 aliphatic heterocycles. The van der Waals surface area contributed by atoms with Crippen molar-refractivity contribution in [1.29, 1.82) is 0 Å². The molecule has 2 aromatic heterocycles. The first kappa shape index (κ1) is 17.5. The molecule has 0 saturated heterocycles. The molecule has 0 bridgehead atoms. The van der Waals surface area contributed by atoms with Gasteiger partial charge in [-0.15, -0.1) is 0 Å². The van der Waals surface area contributed by atoms with Crippen molar-refractivity contribution in [2.24, 2.45) is 0 Å². The molecule has 0 fully saturated rings. The van der Waals surface area contributed by atoms with Gasteiger partial charge in [0, 0.05) is 12.3 Å². The Morgan fingerprint density at radius 2 is 1.68 bits per heavy atom. The van der Waals surface area contributed by atoms with Crippen LogP contribution in [0, 0.1) is 0 Å². The molecular formula is C22H16N2O4. The molecule has 4 aromatic rings. The van der Waals surface area contributed by atoms with E-state index in [1.807, 2.05) is 18.2 Å². The summed E-state index contributed by atoms with van der Waals surface area (Å²) in [5.74, 6) is 0.457. The summed E-state index contributed by atoms with van der Waals surface area (Å²) in [7, 11) is 0. The third-order valence-electron chi connectivity index (χ3n) is 4.05. The third-order valence-corrected chi connectivity index (χ3v) is 4.05. The molecule has 0 amide bonds. The van der Waals surface area contributed by atoms with Crippen molar-refractivity contribution in [3.8, 4) is 11.5 Å². The van der Waals surface area contributed by atoms with E-state index in [9.17, 15) is 9.59 Å². The van der Waals surface area contributed by atoms with Gasteiger partial charge in [-0.05, 0) is 36.4 Å². The maximum Gasteiger partial charge on any atom is 0.342 e. The van der Waals surface area contributed by atoms with E-state index in [4.69, 9.17) is 9.47 Å². The van der Waals surface area contributed by atoms with Crippen molar-refractivity contribution >= 4 is 11.6 Å². The first-order chi connectivity index (χ1) is 13.7. The lowest BCUT2D eigenvalue weighted by molar-refractivity contribution is 0.0465. The van der Waals surface area contributed by atoms with Crippen molar-refractivity contribution in [2.45, 2.75) is 6.61 Å². The second-order valence-corrected chi connectivity index (χ2v) is 6.00. The maximum absolute atomic E-state index is 12.6. The van der Waals surface area contributed by atoms with E-state index in [0.717, 1.165) is 0 Å². The standard InChI is InChI=1S/C22H16N2O4/c25-21-14-16(23-20-12-6-7-13-24(20)21)15-27-22(26)18-10-4-5-11-19(18)28-17-8-2-1-3-9-17/h1-14H,15H2. The second-order valence-electron chi connectivity index (χ2n) is 6.00. The lowest BCUT2D eigenvalue weighted by atomic mass is 10.2. The number of fused-ring (bicyclic) bond motifs is 1. The zero-order valence-corrected chi connectivity index (χ0v) is 14.8. The Bertz CT molecular complexity index is 1190. The topological polar surface area (TPSA) is 69.9 Å². The predicted octanol–water partition coefficient (Wildman–Crippen LogP) is 3.84. The Hall–Kier alpha value is -3.93. The molecule has 2 heterocycles. The van der Waals surface area contributed by atoms with Crippen LogP contribution >= 0.6 is 0 Å². The number of ether oxygens (including phenoxy) is 2. The van der Waals surface area contributed by atoms with Crippen LogP contribution in [0.1, 0.15) is 16.1 Å². The summed E-state index contributed by atoms with van der Waals surface area (Å²) >= 11 is 0. The molecule has 0 N–H and O–H groups in total. The Morgan fingerprint density at radius 3 is 2.54 bits per heavy atom. The zero-order valence-electron chi connectivity index (χ0n) is 14.8. The smallest absolute Gasteiger partial charge is 0.342 e. The van der Waals surface area contributed by atoms with Crippen molar-refractivity contribution in [3.63, 3.8) is 0 Å². The summed E-state index contributed by atoms with van der Waals surface area (Å²) in [6.07, 6.45) is 1.64. The minimum atomic E-state index is -0.554. The number of hydrogen-bond acceptors (Lipinski definition) is 5. The number of esters is 1. The fourth-order valence-corrected chi connectivity index (χ4v) is 2.73. The summed E-state index contributed by atoms with van der Waals surface area (Å²) in [6.45, 7) is -0.112. The average molecular weight is 372 g/mol. The number of pyridine rings is 1. The van der Waals surface area contributed by atoms with Crippen LogP contribution in [0.25, 0.3) is 5.65 Å². The predicted molar refractivity (Wildman–Crippen MR) is 104 cm³/mol. The highest BCUT2D eigenvalue weighted by Crippen LogP contribution is 2.25. The molecule has 4 rings (SSSR count). The Labute approximate surface area is 160 Å². The number of rotatable bonds is 5. The fraction of sp³-hybridized carbons (Fsp3) is 0.0455. The lowest BCUT2D eigenvalue weighted by Gasteiger charge is -2.11. The summed E-state index contributed by atoms with van der Waals surface area (Å²) < 4.78 is 12.6. The number of aromatic nitrogens is 2. The summed E-state index contributed by atoms with van der Waals surface area (Å²) in [5.41, 5.74) is 0.938. The van der Waals surface area contributed by atoms with E-state index in [-0.39, 0.29) is 12.2 Å². The van der Waals surface area contributed by atoms with E-state index < -0.39 is 5.97 Å². The minimum Gasteiger partial charge on any atom is -0.456 e. The van der Waals surface area contributed by atoms with E-state index in [1.165, 1.54) is 10.5 Å². The second kappa shape index (κ2) is 7.75. The van der Waals surface area contributed by atoms with Gasteiger partial charge in [0.15, 0.2) is 0 Å². The Balaban J connectivity index is 1.52. The van der Waals surface area contributed by atoms with E-state index in [1.54, 1.807) is 60.8 Å². The van der Waals surface area contributed by atoms with Crippen LogP contribution in [0.3, 0.4) is 0 Å². The number of carbonyl (C=O) groups is 1. The highest BCUT2D eigenvalue weighted by atomic mass is 16.5. The highest BCUT2D eigenvalue weighted by molar-refractivity contribution is 5.92. The average Bonchev–Trinajstić information content (AvgIpc) is 2.73. The van der Waals surface area contributed by atoms with Gasteiger partial charge in [-0.1, -0.05) is 36.4 Å². The molecule has 0 aliphatic rings. The minimum absolute atomic E-state index is 0.112. The van der Waals surface area contributed by atoms with E-state index >= 15 is 0 Å². The lowest BCUT2D eigenvalue weighted by Crippen LogP contribution is -2.16. The van der Waals surface area contributed by atoms with Gasteiger partial charge in [-0.3, -0.25) is 9.20 Å². The highest BCUT2D eigenvalue weighted by Gasteiger charge is 2.15. The molecule has 2 aromatic carbocycles. The Morgan fingerprint density at radius 1 is 0.929 bits per heavy atom. The number of benzene rings is 2. The first-order valence-electron chi connectivity index (χ1n) is 8.67.